The van der Waals surface area contributed by atoms with E-state index < -0.39 is 22.8 Å². The van der Waals surface area contributed by atoms with E-state index in [1.807, 2.05) is 13.8 Å². The van der Waals surface area contributed by atoms with Gasteiger partial charge in [0.25, 0.3) is 0 Å². The Morgan fingerprint density at radius 2 is 1.03 bits per heavy atom. The summed E-state index contributed by atoms with van der Waals surface area (Å²) in [7, 11) is 0. The first kappa shape index (κ1) is 30.0. The maximum absolute atomic E-state index is 12.4. The summed E-state index contributed by atoms with van der Waals surface area (Å²) >= 11 is 0. The van der Waals surface area contributed by atoms with Gasteiger partial charge in [0.1, 0.15) is 0 Å². The summed E-state index contributed by atoms with van der Waals surface area (Å²) in [4.78, 5) is 24.8. The average molecular weight is 467 g/mol. The third kappa shape index (κ3) is 8.91. The van der Waals surface area contributed by atoms with Gasteiger partial charge in [0.2, 0.25) is 0 Å². The minimum atomic E-state index is -1.13. The van der Waals surface area contributed by atoms with Crippen LogP contribution in [0.1, 0.15) is 156 Å². The number of carbonyl (C=O) groups is 2. The van der Waals surface area contributed by atoms with Gasteiger partial charge in [-0.05, 0) is 25.2 Å². The normalized spacial score (nSPS) is 23.2. The predicted molar refractivity (Wildman–Crippen MR) is 138 cm³/mol. The van der Waals surface area contributed by atoms with E-state index in [-0.39, 0.29) is 5.92 Å². The van der Waals surface area contributed by atoms with Crippen molar-refractivity contribution < 1.29 is 19.8 Å². The van der Waals surface area contributed by atoms with Gasteiger partial charge < -0.3 is 10.2 Å². The number of rotatable bonds is 20. The van der Waals surface area contributed by atoms with Gasteiger partial charge in [-0.25, -0.2) is 0 Å². The Morgan fingerprint density at radius 1 is 0.636 bits per heavy atom. The van der Waals surface area contributed by atoms with Crippen LogP contribution >= 0.6 is 0 Å². The Morgan fingerprint density at radius 3 is 1.39 bits per heavy atom. The molecular formula is C29H54O4. The summed E-state index contributed by atoms with van der Waals surface area (Å²) < 4.78 is 0. The van der Waals surface area contributed by atoms with Crippen LogP contribution in [-0.2, 0) is 9.59 Å². The monoisotopic (exact) mass is 466 g/mol. The molecule has 0 saturated heterocycles. The maximum Gasteiger partial charge on any atom is 0.311 e. The van der Waals surface area contributed by atoms with Crippen molar-refractivity contribution in [2.45, 2.75) is 156 Å². The summed E-state index contributed by atoms with van der Waals surface area (Å²) in [6, 6.07) is 0. The molecule has 1 aliphatic rings. The van der Waals surface area contributed by atoms with Crippen molar-refractivity contribution in [1.29, 1.82) is 0 Å². The minimum Gasteiger partial charge on any atom is -0.481 e. The third-order valence-corrected chi connectivity index (χ3v) is 8.51. The van der Waals surface area contributed by atoms with E-state index in [4.69, 9.17) is 0 Å². The molecule has 0 aromatic heterocycles. The largest absolute Gasteiger partial charge is 0.481 e. The summed E-state index contributed by atoms with van der Waals surface area (Å²) in [6.07, 6.45) is 23.7. The molecule has 194 valence electrons. The highest BCUT2D eigenvalue weighted by molar-refractivity contribution is 5.87. The van der Waals surface area contributed by atoms with E-state index in [0.717, 1.165) is 32.1 Å². The van der Waals surface area contributed by atoms with Crippen molar-refractivity contribution in [2.24, 2.45) is 16.7 Å². The second kappa shape index (κ2) is 16.5. The quantitative estimate of drug-likeness (QED) is 0.175. The van der Waals surface area contributed by atoms with Gasteiger partial charge in [0.15, 0.2) is 0 Å². The topological polar surface area (TPSA) is 74.6 Å². The summed E-state index contributed by atoms with van der Waals surface area (Å²) in [6.45, 7) is 6.06. The molecule has 0 aliphatic heterocycles. The molecule has 0 radical (unpaired) electrons. The Kier molecular flexibility index (Phi) is 15.0. The Hall–Kier alpha value is -1.06. The molecule has 1 saturated carbocycles. The van der Waals surface area contributed by atoms with Crippen LogP contribution in [0, 0.1) is 16.7 Å². The van der Waals surface area contributed by atoms with E-state index in [1.165, 1.54) is 83.5 Å². The molecule has 2 unspecified atom stereocenters. The third-order valence-electron chi connectivity index (χ3n) is 8.51. The zero-order valence-corrected chi connectivity index (χ0v) is 22.1. The van der Waals surface area contributed by atoms with Crippen LogP contribution in [0.25, 0.3) is 0 Å². The molecule has 2 N–H and O–H groups in total. The number of aliphatic carboxylic acids is 2. The highest BCUT2D eigenvalue weighted by Gasteiger charge is 2.63. The number of hydrogen-bond donors (Lipinski definition) is 2. The van der Waals surface area contributed by atoms with Crippen LogP contribution in [0.4, 0.5) is 0 Å². The SMILES string of the molecule is CCCCCCCCCCCCCCCCCCC1(C(=O)O)CCCCC1(C(=O)O)C(C)C. The van der Waals surface area contributed by atoms with Crippen molar-refractivity contribution in [2.75, 3.05) is 0 Å². The van der Waals surface area contributed by atoms with Crippen molar-refractivity contribution in [3.05, 3.63) is 0 Å². The van der Waals surface area contributed by atoms with Crippen LogP contribution in [0.5, 0.6) is 0 Å². The van der Waals surface area contributed by atoms with E-state index >= 15 is 0 Å². The van der Waals surface area contributed by atoms with Gasteiger partial charge in [-0.1, -0.05) is 136 Å². The number of carboxylic acid groups (broad SMARTS) is 2. The lowest BCUT2D eigenvalue weighted by Crippen LogP contribution is -2.57. The lowest BCUT2D eigenvalue weighted by Gasteiger charge is -2.51. The van der Waals surface area contributed by atoms with Gasteiger partial charge in [-0.3, -0.25) is 9.59 Å². The van der Waals surface area contributed by atoms with Gasteiger partial charge in [0.05, 0.1) is 10.8 Å². The Bertz CT molecular complexity index is 544. The molecule has 33 heavy (non-hydrogen) atoms. The molecule has 4 heteroatoms. The first-order valence-corrected chi connectivity index (χ1v) is 14.3. The van der Waals surface area contributed by atoms with Crippen LogP contribution < -0.4 is 0 Å². The summed E-state index contributed by atoms with van der Waals surface area (Å²) in [5.41, 5.74) is -2.24. The number of carboxylic acids is 2. The lowest BCUT2D eigenvalue weighted by molar-refractivity contribution is -0.187. The van der Waals surface area contributed by atoms with Crippen LogP contribution in [-0.4, -0.2) is 22.2 Å². The van der Waals surface area contributed by atoms with Crippen molar-refractivity contribution in [3.63, 3.8) is 0 Å². The Balaban J connectivity index is 2.22. The molecule has 0 spiro atoms. The second-order valence-corrected chi connectivity index (χ2v) is 11.1. The van der Waals surface area contributed by atoms with Gasteiger partial charge in [-0.15, -0.1) is 0 Å². The van der Waals surface area contributed by atoms with Gasteiger partial charge >= 0.3 is 11.9 Å². The standard InChI is InChI=1S/C29H54O4/c1-4-5-6-7-8-9-10-11-12-13-14-15-16-17-18-19-22-28(26(30)31)23-20-21-24-29(28,25(2)3)27(32)33/h25H,4-24H2,1-3H3,(H,30,31)(H,32,33). The fourth-order valence-electron chi connectivity index (χ4n) is 6.42. The fraction of sp³-hybridized carbons (Fsp3) is 0.931. The lowest BCUT2D eigenvalue weighted by atomic mass is 9.50. The average Bonchev–Trinajstić information content (AvgIpc) is 2.78. The zero-order chi connectivity index (χ0) is 24.6. The number of hydrogen-bond acceptors (Lipinski definition) is 2. The summed E-state index contributed by atoms with van der Waals surface area (Å²) in [5.74, 6) is -1.97. The minimum absolute atomic E-state index is 0.174. The first-order chi connectivity index (χ1) is 15.8. The van der Waals surface area contributed by atoms with Gasteiger partial charge in [0, 0.05) is 0 Å². The van der Waals surface area contributed by atoms with Crippen LogP contribution in [0.15, 0.2) is 0 Å². The molecule has 0 bridgehead atoms. The summed E-state index contributed by atoms with van der Waals surface area (Å²) in [5, 5.41) is 20.3. The number of unbranched alkanes of at least 4 members (excludes halogenated alkanes) is 15. The van der Waals surface area contributed by atoms with Crippen molar-refractivity contribution >= 4 is 11.9 Å². The highest BCUT2D eigenvalue weighted by atomic mass is 16.4. The molecule has 1 fully saturated rings. The van der Waals surface area contributed by atoms with Gasteiger partial charge in [-0.2, -0.15) is 0 Å². The van der Waals surface area contributed by atoms with Crippen molar-refractivity contribution in [3.8, 4) is 0 Å². The van der Waals surface area contributed by atoms with E-state index in [0.29, 0.717) is 19.3 Å². The predicted octanol–water partition coefficient (Wildman–Crippen LogP) is 9.01. The highest BCUT2D eigenvalue weighted by Crippen LogP contribution is 2.58. The molecule has 0 aromatic rings. The van der Waals surface area contributed by atoms with E-state index in [9.17, 15) is 19.8 Å². The molecule has 4 nitrogen and oxygen atoms in total. The van der Waals surface area contributed by atoms with Crippen LogP contribution in [0.2, 0.25) is 0 Å². The molecule has 2 atom stereocenters. The molecule has 0 heterocycles. The second-order valence-electron chi connectivity index (χ2n) is 11.1. The molecular weight excluding hydrogens is 412 g/mol. The maximum atomic E-state index is 12.4. The first-order valence-electron chi connectivity index (χ1n) is 14.3. The molecule has 0 aromatic carbocycles. The fourth-order valence-corrected chi connectivity index (χ4v) is 6.42. The smallest absolute Gasteiger partial charge is 0.311 e. The molecule has 0 amide bonds. The van der Waals surface area contributed by atoms with Crippen molar-refractivity contribution in [1.82, 2.24) is 0 Å². The zero-order valence-electron chi connectivity index (χ0n) is 22.1. The van der Waals surface area contributed by atoms with Crippen LogP contribution in [0.3, 0.4) is 0 Å². The van der Waals surface area contributed by atoms with E-state index in [1.54, 1.807) is 0 Å². The van der Waals surface area contributed by atoms with E-state index in [2.05, 4.69) is 6.92 Å². The Labute approximate surface area is 204 Å². The molecule has 1 rings (SSSR count). The molecule has 1 aliphatic carbocycles.